The molecule has 2 aliphatic carbocycles. The maximum atomic E-state index is 13.2. The molecule has 0 spiro atoms. The second kappa shape index (κ2) is 6.17. The Hall–Kier alpha value is -1.38. The van der Waals surface area contributed by atoms with Gasteiger partial charge in [0, 0.05) is 5.92 Å². The molecule has 2 nitrogen and oxygen atoms in total. The molecule has 2 bridgehead atoms. The molecule has 2 saturated carbocycles. The van der Waals surface area contributed by atoms with Crippen LogP contribution in [0.4, 0.5) is 4.39 Å². The quantitative estimate of drug-likeness (QED) is 0.578. The first kappa shape index (κ1) is 14.6. The molecule has 114 valence electrons. The van der Waals surface area contributed by atoms with E-state index in [2.05, 4.69) is 12.1 Å². The molecule has 4 atom stereocenters. The topological polar surface area (TPSA) is 21.6 Å². The van der Waals surface area contributed by atoms with Gasteiger partial charge in [0.05, 0.1) is 5.71 Å². The Balaban J connectivity index is 1.95. The highest BCUT2D eigenvalue weighted by Crippen LogP contribution is 2.52. The number of nitrogens with zero attached hydrogens (tertiary/aromatic N) is 1. The first-order valence-corrected chi connectivity index (χ1v) is 8.08. The van der Waals surface area contributed by atoms with E-state index in [1.165, 1.54) is 37.0 Å². The van der Waals surface area contributed by atoms with Crippen molar-refractivity contribution < 1.29 is 9.23 Å². The molecule has 1 aromatic rings. The van der Waals surface area contributed by atoms with Crippen LogP contribution in [-0.4, -0.2) is 12.8 Å². The predicted molar refractivity (Wildman–Crippen MR) is 82.8 cm³/mol. The molecule has 0 aromatic heterocycles. The van der Waals surface area contributed by atoms with Crippen molar-refractivity contribution in [2.24, 2.45) is 22.9 Å². The van der Waals surface area contributed by atoms with Crippen LogP contribution in [0.3, 0.4) is 0 Å². The standard InChI is InChI=1S/C18H24FNO/c1-3-17(20-21-2)18-14-5-4-12(10-14)11-16(18)13-6-8-15(19)9-7-13/h6-9,12,14,16,18H,3-5,10-11H2,1-2H3/t12?,14-,16-,18-/m1/s1. The van der Waals surface area contributed by atoms with Crippen molar-refractivity contribution in [3.63, 3.8) is 0 Å². The summed E-state index contributed by atoms with van der Waals surface area (Å²) >= 11 is 0. The number of halogens is 1. The Morgan fingerprint density at radius 1 is 1.24 bits per heavy atom. The maximum Gasteiger partial charge on any atom is 0.123 e. The van der Waals surface area contributed by atoms with E-state index in [0.29, 0.717) is 17.8 Å². The van der Waals surface area contributed by atoms with Gasteiger partial charge in [-0.15, -0.1) is 0 Å². The molecule has 3 rings (SSSR count). The average molecular weight is 289 g/mol. The van der Waals surface area contributed by atoms with E-state index in [1.807, 2.05) is 12.1 Å². The monoisotopic (exact) mass is 289 g/mol. The molecular weight excluding hydrogens is 265 g/mol. The summed E-state index contributed by atoms with van der Waals surface area (Å²) in [7, 11) is 1.63. The second-order valence-electron chi connectivity index (χ2n) is 6.48. The normalized spacial score (nSPS) is 32.2. The Morgan fingerprint density at radius 3 is 2.67 bits per heavy atom. The van der Waals surface area contributed by atoms with Crippen molar-refractivity contribution in [3.8, 4) is 0 Å². The molecule has 0 saturated heterocycles. The minimum atomic E-state index is -0.157. The molecule has 0 heterocycles. The van der Waals surface area contributed by atoms with Gasteiger partial charge in [0.25, 0.3) is 0 Å². The third kappa shape index (κ3) is 2.83. The van der Waals surface area contributed by atoms with E-state index in [4.69, 9.17) is 4.84 Å². The van der Waals surface area contributed by atoms with Gasteiger partial charge in [-0.1, -0.05) is 30.6 Å². The Bertz CT molecular complexity index is 510. The van der Waals surface area contributed by atoms with Crippen LogP contribution in [0.2, 0.25) is 0 Å². The fourth-order valence-electron chi connectivity index (χ4n) is 4.52. The van der Waals surface area contributed by atoms with Gasteiger partial charge in [0.2, 0.25) is 0 Å². The maximum absolute atomic E-state index is 13.2. The Labute approximate surface area is 126 Å². The lowest BCUT2D eigenvalue weighted by Gasteiger charge is -2.37. The number of fused-ring (bicyclic) bond motifs is 2. The summed E-state index contributed by atoms with van der Waals surface area (Å²) in [5.74, 6) is 2.31. The molecule has 21 heavy (non-hydrogen) atoms. The smallest absolute Gasteiger partial charge is 0.123 e. The lowest BCUT2D eigenvalue weighted by molar-refractivity contribution is 0.200. The zero-order chi connectivity index (χ0) is 14.8. The van der Waals surface area contributed by atoms with Crippen molar-refractivity contribution in [1.29, 1.82) is 0 Å². The highest BCUT2D eigenvalue weighted by Gasteiger charge is 2.44. The Kier molecular flexibility index (Phi) is 4.27. The highest BCUT2D eigenvalue weighted by atomic mass is 19.1. The second-order valence-corrected chi connectivity index (χ2v) is 6.48. The van der Waals surface area contributed by atoms with Gasteiger partial charge in [0.15, 0.2) is 0 Å². The molecule has 0 aliphatic heterocycles. The van der Waals surface area contributed by atoms with Gasteiger partial charge in [-0.3, -0.25) is 0 Å². The summed E-state index contributed by atoms with van der Waals surface area (Å²) in [6.45, 7) is 2.15. The zero-order valence-electron chi connectivity index (χ0n) is 12.9. The molecule has 3 heteroatoms. The molecule has 2 fully saturated rings. The summed E-state index contributed by atoms with van der Waals surface area (Å²) in [4.78, 5) is 5.09. The fourth-order valence-corrected chi connectivity index (χ4v) is 4.52. The minimum absolute atomic E-state index is 0.157. The lowest BCUT2D eigenvalue weighted by atomic mass is 9.67. The minimum Gasteiger partial charge on any atom is -0.399 e. The van der Waals surface area contributed by atoms with E-state index < -0.39 is 0 Å². The van der Waals surface area contributed by atoms with Crippen LogP contribution in [0.15, 0.2) is 29.4 Å². The van der Waals surface area contributed by atoms with Crippen LogP contribution in [0, 0.1) is 23.6 Å². The van der Waals surface area contributed by atoms with Crippen LogP contribution in [0.1, 0.15) is 50.5 Å². The highest BCUT2D eigenvalue weighted by molar-refractivity contribution is 5.87. The zero-order valence-corrected chi connectivity index (χ0v) is 12.9. The third-order valence-electron chi connectivity index (χ3n) is 5.36. The van der Waals surface area contributed by atoms with Crippen molar-refractivity contribution in [2.45, 2.75) is 44.9 Å². The number of hydrogen-bond donors (Lipinski definition) is 0. The molecule has 1 aromatic carbocycles. The molecule has 0 N–H and O–H groups in total. The van der Waals surface area contributed by atoms with Crippen molar-refractivity contribution in [3.05, 3.63) is 35.6 Å². The first-order valence-electron chi connectivity index (χ1n) is 8.08. The first-order chi connectivity index (χ1) is 10.2. The van der Waals surface area contributed by atoms with Gasteiger partial charge in [0.1, 0.15) is 12.9 Å². The summed E-state index contributed by atoms with van der Waals surface area (Å²) in [6, 6.07) is 7.08. The van der Waals surface area contributed by atoms with Gasteiger partial charge < -0.3 is 4.84 Å². The SMILES string of the molecule is CCC(=NOC)[C@@H]1[C@@H]2CCC(C2)C[C@@H]1c1ccc(F)cc1. The Morgan fingerprint density at radius 2 is 2.00 bits per heavy atom. The van der Waals surface area contributed by atoms with Crippen molar-refractivity contribution in [2.75, 3.05) is 7.11 Å². The fraction of sp³-hybridized carbons (Fsp3) is 0.611. The molecule has 1 unspecified atom stereocenters. The van der Waals surface area contributed by atoms with Crippen LogP contribution < -0.4 is 0 Å². The van der Waals surface area contributed by atoms with Gasteiger partial charge in [-0.2, -0.15) is 0 Å². The number of hydrogen-bond acceptors (Lipinski definition) is 2. The van der Waals surface area contributed by atoms with Crippen LogP contribution >= 0.6 is 0 Å². The van der Waals surface area contributed by atoms with Gasteiger partial charge in [-0.25, -0.2) is 4.39 Å². The van der Waals surface area contributed by atoms with E-state index in [9.17, 15) is 4.39 Å². The van der Waals surface area contributed by atoms with E-state index in [-0.39, 0.29) is 5.82 Å². The summed E-state index contributed by atoms with van der Waals surface area (Å²) < 4.78 is 13.2. The number of rotatable bonds is 4. The summed E-state index contributed by atoms with van der Waals surface area (Å²) in [6.07, 6.45) is 6.09. The number of benzene rings is 1. The van der Waals surface area contributed by atoms with E-state index >= 15 is 0 Å². The van der Waals surface area contributed by atoms with Crippen LogP contribution in [0.25, 0.3) is 0 Å². The third-order valence-corrected chi connectivity index (χ3v) is 5.36. The lowest BCUT2D eigenvalue weighted by Crippen LogP contribution is -2.32. The van der Waals surface area contributed by atoms with Crippen molar-refractivity contribution in [1.82, 2.24) is 0 Å². The summed E-state index contributed by atoms with van der Waals surface area (Å²) in [5.41, 5.74) is 2.44. The molecular formula is C18H24FNO. The molecule has 0 radical (unpaired) electrons. The molecule has 2 aliphatic rings. The number of oxime groups is 1. The van der Waals surface area contributed by atoms with Gasteiger partial charge >= 0.3 is 0 Å². The van der Waals surface area contributed by atoms with E-state index in [0.717, 1.165) is 12.3 Å². The largest absolute Gasteiger partial charge is 0.399 e. The summed E-state index contributed by atoms with van der Waals surface area (Å²) in [5, 5.41) is 4.32. The van der Waals surface area contributed by atoms with E-state index in [1.54, 1.807) is 19.2 Å². The van der Waals surface area contributed by atoms with Gasteiger partial charge in [-0.05, 0) is 61.1 Å². The van der Waals surface area contributed by atoms with Crippen molar-refractivity contribution >= 4 is 5.71 Å². The van der Waals surface area contributed by atoms with Crippen LogP contribution in [0.5, 0.6) is 0 Å². The average Bonchev–Trinajstić information content (AvgIpc) is 2.88. The van der Waals surface area contributed by atoms with Crippen LogP contribution in [-0.2, 0) is 4.84 Å². The predicted octanol–water partition coefficient (Wildman–Crippen LogP) is 4.76. The molecule has 0 amide bonds.